The molecule has 0 spiro atoms. The first-order valence-electron chi connectivity index (χ1n) is 12.0. The maximum absolute atomic E-state index is 13.1. The van der Waals surface area contributed by atoms with Gasteiger partial charge in [0, 0.05) is 48.9 Å². The van der Waals surface area contributed by atoms with Gasteiger partial charge < -0.3 is 19.4 Å². The van der Waals surface area contributed by atoms with Gasteiger partial charge in [-0.1, -0.05) is 23.7 Å². The van der Waals surface area contributed by atoms with E-state index in [0.29, 0.717) is 36.8 Å². The van der Waals surface area contributed by atoms with E-state index >= 15 is 0 Å². The number of benzene rings is 2. The predicted molar refractivity (Wildman–Crippen MR) is 140 cm³/mol. The van der Waals surface area contributed by atoms with Crippen molar-refractivity contribution in [3.63, 3.8) is 0 Å². The molecule has 2 heterocycles. The molecule has 8 nitrogen and oxygen atoms in total. The summed E-state index contributed by atoms with van der Waals surface area (Å²) in [6, 6.07) is 18.4. The Kier molecular flexibility index (Phi) is 8.38. The molecular formula is C27H30ClN5O3. The standard InChI is InChI=1S/C27H30ClN5O3/c1-3-31(27(35)20-8-10-22(28)11-9-20)19-26(34)33-15-5-14-32(16-17-33)25-13-12-24(29-30-25)21-6-4-7-23(18-21)36-2/h4,6-13,18H,3,5,14-17,19H2,1-2H3. The van der Waals surface area contributed by atoms with Crippen LogP contribution < -0.4 is 9.64 Å². The average molecular weight is 508 g/mol. The lowest BCUT2D eigenvalue weighted by Crippen LogP contribution is -2.44. The molecule has 0 N–H and O–H groups in total. The van der Waals surface area contributed by atoms with Crippen LogP contribution in [0, 0.1) is 0 Å². The molecule has 0 unspecified atom stereocenters. The third kappa shape index (κ3) is 6.12. The summed E-state index contributed by atoms with van der Waals surface area (Å²) in [7, 11) is 1.64. The van der Waals surface area contributed by atoms with Crippen molar-refractivity contribution in [2.45, 2.75) is 13.3 Å². The fourth-order valence-corrected chi connectivity index (χ4v) is 4.32. The van der Waals surface area contributed by atoms with E-state index in [0.717, 1.165) is 35.8 Å². The van der Waals surface area contributed by atoms with Crippen molar-refractivity contribution >= 4 is 29.2 Å². The van der Waals surface area contributed by atoms with Gasteiger partial charge in [-0.15, -0.1) is 10.2 Å². The minimum Gasteiger partial charge on any atom is -0.497 e. The van der Waals surface area contributed by atoms with E-state index in [1.54, 1.807) is 36.3 Å². The molecule has 188 valence electrons. The summed E-state index contributed by atoms with van der Waals surface area (Å²) in [6.07, 6.45) is 0.808. The van der Waals surface area contributed by atoms with Gasteiger partial charge in [0.05, 0.1) is 12.8 Å². The van der Waals surface area contributed by atoms with Crippen LogP contribution in [0.25, 0.3) is 11.3 Å². The Labute approximate surface area is 216 Å². The summed E-state index contributed by atoms with van der Waals surface area (Å²) in [5.74, 6) is 1.32. The topological polar surface area (TPSA) is 78.9 Å². The SMILES string of the molecule is CCN(CC(=O)N1CCCN(c2ccc(-c3cccc(OC)c3)nn2)CC1)C(=O)c1ccc(Cl)cc1. The average Bonchev–Trinajstić information content (AvgIpc) is 3.18. The Morgan fingerprint density at radius 2 is 1.81 bits per heavy atom. The number of ether oxygens (including phenoxy) is 1. The Bertz CT molecular complexity index is 1190. The number of amides is 2. The molecule has 0 aliphatic carbocycles. The quantitative estimate of drug-likeness (QED) is 0.481. The first kappa shape index (κ1) is 25.4. The molecule has 1 aliphatic rings. The van der Waals surface area contributed by atoms with Gasteiger partial charge in [-0.3, -0.25) is 9.59 Å². The molecule has 4 rings (SSSR count). The van der Waals surface area contributed by atoms with Gasteiger partial charge in [-0.2, -0.15) is 0 Å². The van der Waals surface area contributed by atoms with Crippen molar-refractivity contribution < 1.29 is 14.3 Å². The maximum Gasteiger partial charge on any atom is 0.254 e. The summed E-state index contributed by atoms with van der Waals surface area (Å²) in [5.41, 5.74) is 2.23. The fourth-order valence-electron chi connectivity index (χ4n) is 4.19. The van der Waals surface area contributed by atoms with Crippen LogP contribution in [0.5, 0.6) is 5.75 Å². The van der Waals surface area contributed by atoms with Crippen LogP contribution in [-0.2, 0) is 4.79 Å². The highest BCUT2D eigenvalue weighted by atomic mass is 35.5. The number of nitrogens with zero attached hydrogens (tertiary/aromatic N) is 5. The van der Waals surface area contributed by atoms with Crippen LogP contribution in [-0.4, -0.2) is 78.2 Å². The van der Waals surface area contributed by atoms with Gasteiger partial charge in [0.2, 0.25) is 5.91 Å². The van der Waals surface area contributed by atoms with Crippen LogP contribution in [0.4, 0.5) is 5.82 Å². The molecule has 0 bridgehead atoms. The molecule has 3 aromatic rings. The first-order valence-corrected chi connectivity index (χ1v) is 12.4. The molecule has 2 amide bonds. The Hall–Kier alpha value is -3.65. The number of halogens is 1. The smallest absolute Gasteiger partial charge is 0.254 e. The maximum atomic E-state index is 13.1. The van der Waals surface area contributed by atoms with E-state index in [1.807, 2.05) is 48.2 Å². The highest BCUT2D eigenvalue weighted by Crippen LogP contribution is 2.23. The van der Waals surface area contributed by atoms with E-state index in [2.05, 4.69) is 15.1 Å². The molecule has 0 radical (unpaired) electrons. The van der Waals surface area contributed by atoms with Crippen molar-refractivity contribution in [2.75, 3.05) is 51.3 Å². The molecular weight excluding hydrogens is 478 g/mol. The summed E-state index contributed by atoms with van der Waals surface area (Å²) in [6.45, 7) is 4.99. The molecule has 0 atom stereocenters. The molecule has 9 heteroatoms. The van der Waals surface area contributed by atoms with Crippen LogP contribution in [0.3, 0.4) is 0 Å². The number of likely N-dealkylation sites (N-methyl/N-ethyl adjacent to an activating group) is 1. The number of methoxy groups -OCH3 is 1. The van der Waals surface area contributed by atoms with E-state index in [-0.39, 0.29) is 18.4 Å². The van der Waals surface area contributed by atoms with E-state index < -0.39 is 0 Å². The van der Waals surface area contributed by atoms with E-state index in [4.69, 9.17) is 16.3 Å². The highest BCUT2D eigenvalue weighted by molar-refractivity contribution is 6.30. The number of rotatable bonds is 7. The lowest BCUT2D eigenvalue weighted by atomic mass is 10.1. The lowest BCUT2D eigenvalue weighted by Gasteiger charge is -2.26. The monoisotopic (exact) mass is 507 g/mol. The minimum absolute atomic E-state index is 0.0486. The predicted octanol–water partition coefficient (Wildman–Crippen LogP) is 4.01. The van der Waals surface area contributed by atoms with Gasteiger partial charge >= 0.3 is 0 Å². The third-order valence-corrected chi connectivity index (χ3v) is 6.53. The Balaban J connectivity index is 1.36. The number of hydrogen-bond acceptors (Lipinski definition) is 6. The van der Waals surface area contributed by atoms with Crippen molar-refractivity contribution in [1.82, 2.24) is 20.0 Å². The van der Waals surface area contributed by atoms with Crippen LogP contribution >= 0.6 is 11.6 Å². The van der Waals surface area contributed by atoms with E-state index in [9.17, 15) is 9.59 Å². The first-order chi connectivity index (χ1) is 17.5. The van der Waals surface area contributed by atoms with Crippen LogP contribution in [0.2, 0.25) is 5.02 Å². The zero-order valence-electron chi connectivity index (χ0n) is 20.6. The van der Waals surface area contributed by atoms with Gasteiger partial charge in [-0.25, -0.2) is 0 Å². The summed E-state index contributed by atoms with van der Waals surface area (Å²) in [5, 5.41) is 9.42. The van der Waals surface area contributed by atoms with Crippen LogP contribution in [0.1, 0.15) is 23.7 Å². The van der Waals surface area contributed by atoms with Crippen molar-refractivity contribution in [2.24, 2.45) is 0 Å². The zero-order valence-corrected chi connectivity index (χ0v) is 21.3. The number of aromatic nitrogens is 2. The van der Waals surface area contributed by atoms with E-state index in [1.165, 1.54) is 0 Å². The van der Waals surface area contributed by atoms with Gasteiger partial charge in [0.1, 0.15) is 12.3 Å². The highest BCUT2D eigenvalue weighted by Gasteiger charge is 2.24. The molecule has 36 heavy (non-hydrogen) atoms. The minimum atomic E-state index is -0.176. The second-order valence-corrected chi connectivity index (χ2v) is 8.99. The second-order valence-electron chi connectivity index (χ2n) is 8.56. The molecule has 1 aliphatic heterocycles. The molecule has 1 aromatic heterocycles. The molecule has 0 saturated carbocycles. The summed E-state index contributed by atoms with van der Waals surface area (Å²) >= 11 is 5.93. The third-order valence-electron chi connectivity index (χ3n) is 6.27. The largest absolute Gasteiger partial charge is 0.497 e. The number of hydrogen-bond donors (Lipinski definition) is 0. The summed E-state index contributed by atoms with van der Waals surface area (Å²) < 4.78 is 5.29. The number of carbonyl (C=O) groups is 2. The zero-order chi connectivity index (χ0) is 25.5. The van der Waals surface area contributed by atoms with Gasteiger partial charge in [0.15, 0.2) is 5.82 Å². The normalized spacial score (nSPS) is 13.8. The van der Waals surface area contributed by atoms with Crippen molar-refractivity contribution in [3.8, 4) is 17.0 Å². The van der Waals surface area contributed by atoms with Gasteiger partial charge in [-0.05, 0) is 61.9 Å². The second kappa shape index (κ2) is 11.9. The Morgan fingerprint density at radius 3 is 2.50 bits per heavy atom. The van der Waals surface area contributed by atoms with Crippen molar-refractivity contribution in [3.05, 3.63) is 71.2 Å². The van der Waals surface area contributed by atoms with Crippen LogP contribution in [0.15, 0.2) is 60.7 Å². The molecule has 2 aromatic carbocycles. The number of carbonyl (C=O) groups excluding carboxylic acids is 2. The number of anilines is 1. The Morgan fingerprint density at radius 1 is 1.00 bits per heavy atom. The summed E-state index contributed by atoms with van der Waals surface area (Å²) in [4.78, 5) is 31.5. The van der Waals surface area contributed by atoms with Crippen molar-refractivity contribution in [1.29, 1.82) is 0 Å². The van der Waals surface area contributed by atoms with Gasteiger partial charge in [0.25, 0.3) is 5.91 Å². The fraction of sp³-hybridized carbons (Fsp3) is 0.333. The molecule has 1 fully saturated rings. The lowest BCUT2D eigenvalue weighted by molar-refractivity contribution is -0.131. The molecule has 1 saturated heterocycles.